The van der Waals surface area contributed by atoms with Crippen LogP contribution in [-0.4, -0.2) is 36.1 Å². The molecule has 0 bridgehead atoms. The van der Waals surface area contributed by atoms with Gasteiger partial charge in [0.2, 0.25) is 0 Å². The van der Waals surface area contributed by atoms with Crippen LogP contribution in [0.4, 0.5) is 23.3 Å². The Kier molecular flexibility index (Phi) is 8.06. The van der Waals surface area contributed by atoms with E-state index < -0.39 is 0 Å². The fourth-order valence-corrected chi connectivity index (χ4v) is 6.50. The van der Waals surface area contributed by atoms with Gasteiger partial charge in [0, 0.05) is 58.3 Å². The van der Waals surface area contributed by atoms with Crippen molar-refractivity contribution in [2.24, 2.45) is 0 Å². The van der Waals surface area contributed by atoms with Gasteiger partial charge in [0.15, 0.2) is 11.6 Å². The zero-order chi connectivity index (χ0) is 34.0. The van der Waals surface area contributed by atoms with Crippen molar-refractivity contribution < 1.29 is 4.79 Å². The number of pyridine rings is 2. The third-order valence-corrected chi connectivity index (χ3v) is 9.17. The molecule has 9 heteroatoms. The zero-order valence-corrected chi connectivity index (χ0v) is 27.6. The maximum Gasteiger partial charge on any atom is 0.153 e. The van der Waals surface area contributed by atoms with Crippen LogP contribution in [0.25, 0.3) is 44.1 Å². The molecule has 2 unspecified atom stereocenters. The van der Waals surface area contributed by atoms with Crippen molar-refractivity contribution in [1.82, 2.24) is 30.4 Å². The molecule has 0 aliphatic heterocycles. The first-order chi connectivity index (χ1) is 24.5. The van der Waals surface area contributed by atoms with Gasteiger partial charge < -0.3 is 10.6 Å². The molecule has 2 atom stereocenters. The van der Waals surface area contributed by atoms with Gasteiger partial charge in [-0.3, -0.25) is 15.0 Å². The van der Waals surface area contributed by atoms with Gasteiger partial charge in [0.25, 0.3) is 0 Å². The number of nitrogens with one attached hydrogen (secondary N) is 4. The molecular formula is C41H34N8O. The van der Waals surface area contributed by atoms with Gasteiger partial charge in [0.1, 0.15) is 17.4 Å². The minimum atomic E-state index is -0.342. The summed E-state index contributed by atoms with van der Waals surface area (Å²) in [6, 6.07) is 40.5. The van der Waals surface area contributed by atoms with Crippen LogP contribution >= 0.6 is 0 Å². The van der Waals surface area contributed by atoms with Crippen LogP contribution in [0.1, 0.15) is 36.8 Å². The summed E-state index contributed by atoms with van der Waals surface area (Å²) in [5.41, 5.74) is 5.45. The van der Waals surface area contributed by atoms with E-state index >= 15 is 0 Å². The van der Waals surface area contributed by atoms with Crippen molar-refractivity contribution in [3.05, 3.63) is 145 Å². The number of H-pyrrole nitrogens is 2. The van der Waals surface area contributed by atoms with E-state index in [4.69, 9.17) is 9.97 Å². The second kappa shape index (κ2) is 13.1. The summed E-state index contributed by atoms with van der Waals surface area (Å²) in [5, 5.41) is 24.9. The van der Waals surface area contributed by atoms with E-state index in [-0.39, 0.29) is 17.6 Å². The van der Waals surface area contributed by atoms with Gasteiger partial charge in [-0.25, -0.2) is 9.97 Å². The molecule has 4 aromatic heterocycles. The number of nitrogens with zero attached hydrogens (tertiary/aromatic N) is 4. The number of rotatable bonds is 10. The summed E-state index contributed by atoms with van der Waals surface area (Å²) in [5.74, 6) is 2.21. The molecule has 4 N–H and O–H groups in total. The Labute approximate surface area is 288 Å². The van der Waals surface area contributed by atoms with Crippen LogP contribution in [0.15, 0.2) is 134 Å². The molecular weight excluding hydrogens is 621 g/mol. The van der Waals surface area contributed by atoms with E-state index in [2.05, 4.69) is 67.4 Å². The Hall–Kier alpha value is -6.61. The van der Waals surface area contributed by atoms with Crippen molar-refractivity contribution in [3.63, 3.8) is 0 Å². The summed E-state index contributed by atoms with van der Waals surface area (Å²) in [7, 11) is 0. The van der Waals surface area contributed by atoms with Gasteiger partial charge in [-0.05, 0) is 46.2 Å². The molecule has 0 saturated heterocycles. The lowest BCUT2D eigenvalue weighted by Gasteiger charge is -2.19. The number of aromatic amines is 2. The number of anilines is 4. The van der Waals surface area contributed by atoms with E-state index in [0.29, 0.717) is 23.3 Å². The molecule has 0 radical (unpaired) electrons. The van der Waals surface area contributed by atoms with Crippen LogP contribution < -0.4 is 10.6 Å². The normalized spacial score (nSPS) is 12.5. The highest BCUT2D eigenvalue weighted by molar-refractivity contribution is 5.98. The van der Waals surface area contributed by atoms with E-state index in [9.17, 15) is 4.79 Å². The Bertz CT molecular complexity index is 2280. The SMILES string of the molecule is CC(C(=O)C(C)c1cccc(-c2nc(Nc3cc[nH]n3)cc3ccccc23)c1)c1cccc(-c2nc(Nc3cc[nH]n3)cc3ccccc23)c1. The summed E-state index contributed by atoms with van der Waals surface area (Å²) < 4.78 is 0. The standard InChI is InChI=1S/C41H34N8O/c1-25(27-11-7-13-31(21-27)39-33-15-5-3-9-29(33)23-37(46-39)44-35-17-19-42-48-35)41(50)26(2)28-12-8-14-32(22-28)40-34-16-6-4-10-30(34)24-38(47-40)45-36-18-20-43-49-36/h3-26H,1-2H3,(H2,42,44,46,48)(H2,43,45,47,49). The Morgan fingerprint density at radius 2 is 1.00 bits per heavy atom. The first kappa shape index (κ1) is 30.7. The number of carbonyl (C=O) groups is 1. The molecule has 4 heterocycles. The second-order valence-corrected chi connectivity index (χ2v) is 12.4. The van der Waals surface area contributed by atoms with E-state index in [1.165, 1.54) is 0 Å². The highest BCUT2D eigenvalue weighted by Gasteiger charge is 2.24. The second-order valence-electron chi connectivity index (χ2n) is 12.4. The van der Waals surface area contributed by atoms with Crippen LogP contribution in [0.2, 0.25) is 0 Å². The van der Waals surface area contributed by atoms with Crippen molar-refractivity contribution in [2.75, 3.05) is 10.6 Å². The Morgan fingerprint density at radius 1 is 0.540 bits per heavy atom. The predicted octanol–water partition coefficient (Wildman–Crippen LogP) is 9.53. The minimum absolute atomic E-state index is 0.137. The monoisotopic (exact) mass is 654 g/mol. The van der Waals surface area contributed by atoms with E-state index in [1.54, 1.807) is 12.4 Å². The lowest BCUT2D eigenvalue weighted by atomic mass is 9.84. The minimum Gasteiger partial charge on any atom is -0.323 e. The Balaban J connectivity index is 1.09. The van der Waals surface area contributed by atoms with Crippen LogP contribution in [-0.2, 0) is 4.79 Å². The molecule has 0 saturated carbocycles. The number of ketones is 1. The molecule has 0 amide bonds. The number of hydrogen-bond donors (Lipinski definition) is 4. The van der Waals surface area contributed by atoms with Gasteiger partial charge in [-0.2, -0.15) is 10.2 Å². The first-order valence-corrected chi connectivity index (χ1v) is 16.6. The van der Waals surface area contributed by atoms with Crippen LogP contribution in [0, 0.1) is 0 Å². The first-order valence-electron chi connectivity index (χ1n) is 16.6. The van der Waals surface area contributed by atoms with Gasteiger partial charge in [-0.1, -0.05) is 98.8 Å². The quantitative estimate of drug-likeness (QED) is 0.116. The molecule has 9 nitrogen and oxygen atoms in total. The molecule has 244 valence electrons. The van der Waals surface area contributed by atoms with Gasteiger partial charge in [-0.15, -0.1) is 0 Å². The predicted molar refractivity (Wildman–Crippen MR) is 200 cm³/mol. The topological polar surface area (TPSA) is 124 Å². The van der Waals surface area contributed by atoms with Gasteiger partial charge >= 0.3 is 0 Å². The number of aromatic nitrogens is 6. The van der Waals surface area contributed by atoms with Crippen LogP contribution in [0.3, 0.4) is 0 Å². The van der Waals surface area contributed by atoms with Crippen LogP contribution in [0.5, 0.6) is 0 Å². The average Bonchev–Trinajstić information content (AvgIpc) is 3.88. The molecule has 8 aromatic rings. The fraction of sp³-hybridized carbons (Fsp3) is 0.0976. The maximum absolute atomic E-state index is 14.2. The molecule has 8 rings (SSSR count). The smallest absolute Gasteiger partial charge is 0.153 e. The fourth-order valence-electron chi connectivity index (χ4n) is 6.50. The lowest BCUT2D eigenvalue weighted by Crippen LogP contribution is -2.16. The molecule has 0 fully saturated rings. The summed E-state index contributed by atoms with van der Waals surface area (Å²) in [4.78, 5) is 24.1. The van der Waals surface area contributed by atoms with Crippen molar-refractivity contribution in [1.29, 1.82) is 0 Å². The maximum atomic E-state index is 14.2. The lowest BCUT2D eigenvalue weighted by molar-refractivity contribution is -0.121. The third-order valence-electron chi connectivity index (χ3n) is 9.17. The summed E-state index contributed by atoms with van der Waals surface area (Å²) >= 11 is 0. The number of Topliss-reactive ketones (excluding diaryl/α,β-unsaturated/α-hetero) is 1. The van der Waals surface area contributed by atoms with Gasteiger partial charge in [0.05, 0.1) is 11.4 Å². The zero-order valence-electron chi connectivity index (χ0n) is 27.6. The molecule has 0 aliphatic carbocycles. The molecule has 0 aliphatic rings. The summed E-state index contributed by atoms with van der Waals surface area (Å²) in [6.45, 7) is 3.98. The highest BCUT2D eigenvalue weighted by Crippen LogP contribution is 2.35. The van der Waals surface area contributed by atoms with E-state index in [1.807, 2.05) is 98.8 Å². The largest absolute Gasteiger partial charge is 0.323 e. The van der Waals surface area contributed by atoms with E-state index in [0.717, 1.165) is 55.2 Å². The third kappa shape index (κ3) is 6.08. The van der Waals surface area contributed by atoms with Crippen molar-refractivity contribution in [3.8, 4) is 22.5 Å². The van der Waals surface area contributed by atoms with Crippen molar-refractivity contribution >= 4 is 50.6 Å². The van der Waals surface area contributed by atoms with Crippen molar-refractivity contribution in [2.45, 2.75) is 25.7 Å². The highest BCUT2D eigenvalue weighted by atomic mass is 16.1. The number of fused-ring (bicyclic) bond motifs is 2. The number of carbonyl (C=O) groups excluding carboxylic acids is 1. The Morgan fingerprint density at radius 3 is 1.44 bits per heavy atom. The average molecular weight is 655 g/mol. The summed E-state index contributed by atoms with van der Waals surface area (Å²) in [6.07, 6.45) is 3.53. The molecule has 4 aromatic carbocycles. The molecule has 50 heavy (non-hydrogen) atoms. The number of hydrogen-bond acceptors (Lipinski definition) is 7. The molecule has 0 spiro atoms. The number of benzene rings is 4.